The summed E-state index contributed by atoms with van der Waals surface area (Å²) >= 11 is 0. The van der Waals surface area contributed by atoms with E-state index < -0.39 is 10.0 Å². The quantitative estimate of drug-likeness (QED) is 0.700. The molecule has 2 aromatic carbocycles. The minimum atomic E-state index is -3.69. The first kappa shape index (κ1) is 18.7. The second-order valence-corrected chi connectivity index (χ2v) is 7.46. The van der Waals surface area contributed by atoms with Crippen molar-refractivity contribution in [3.05, 3.63) is 60.2 Å². The number of sulfonamides is 1. The fourth-order valence-electron chi connectivity index (χ4n) is 2.40. The van der Waals surface area contributed by atoms with Gasteiger partial charge in [0.25, 0.3) is 10.0 Å². The molecule has 0 spiro atoms. The summed E-state index contributed by atoms with van der Waals surface area (Å²) in [6.45, 7) is 1.90. The zero-order valence-electron chi connectivity index (χ0n) is 15.1. The lowest BCUT2D eigenvalue weighted by molar-refractivity contribution is 0.372. The van der Waals surface area contributed by atoms with Crippen LogP contribution in [0.1, 0.15) is 5.56 Å². The van der Waals surface area contributed by atoms with Crippen LogP contribution >= 0.6 is 0 Å². The molecular formula is C19H19N3O4S. The fraction of sp³-hybridized carbons (Fsp3) is 0.158. The molecule has 1 N–H and O–H groups in total. The highest BCUT2D eigenvalue weighted by Crippen LogP contribution is 2.25. The van der Waals surface area contributed by atoms with E-state index in [1.54, 1.807) is 54.6 Å². The van der Waals surface area contributed by atoms with Gasteiger partial charge in [0.1, 0.15) is 0 Å². The summed E-state index contributed by atoms with van der Waals surface area (Å²) in [6.07, 6.45) is 0. The first-order valence-electron chi connectivity index (χ1n) is 8.08. The predicted octanol–water partition coefficient (Wildman–Crippen LogP) is 3.27. The van der Waals surface area contributed by atoms with E-state index in [4.69, 9.17) is 9.47 Å². The van der Waals surface area contributed by atoms with Crippen LogP contribution in [0.4, 0.5) is 5.69 Å². The van der Waals surface area contributed by atoms with Crippen molar-refractivity contribution in [1.29, 1.82) is 0 Å². The largest absolute Gasteiger partial charge is 0.481 e. The SMILES string of the molecule is COc1cc(OC)nc(-c2cccc(NS(=O)(=O)c3ccc(C)cc3)c2)n1. The highest BCUT2D eigenvalue weighted by molar-refractivity contribution is 7.92. The average molecular weight is 385 g/mol. The summed E-state index contributed by atoms with van der Waals surface area (Å²) in [6, 6.07) is 15.0. The molecule has 140 valence electrons. The topological polar surface area (TPSA) is 90.4 Å². The van der Waals surface area contributed by atoms with E-state index in [2.05, 4.69) is 14.7 Å². The van der Waals surface area contributed by atoms with E-state index in [1.807, 2.05) is 6.92 Å². The Morgan fingerprint density at radius 1 is 0.889 bits per heavy atom. The molecule has 0 radical (unpaired) electrons. The molecule has 8 heteroatoms. The molecular weight excluding hydrogens is 366 g/mol. The molecule has 0 saturated carbocycles. The van der Waals surface area contributed by atoms with Gasteiger partial charge in [0, 0.05) is 11.3 Å². The van der Waals surface area contributed by atoms with Gasteiger partial charge in [0.15, 0.2) is 5.82 Å². The Bertz CT molecular complexity index is 1030. The van der Waals surface area contributed by atoms with Crippen molar-refractivity contribution in [2.45, 2.75) is 11.8 Å². The molecule has 1 aromatic heterocycles. The number of benzene rings is 2. The van der Waals surface area contributed by atoms with Crippen molar-refractivity contribution in [2.75, 3.05) is 18.9 Å². The molecule has 0 bridgehead atoms. The van der Waals surface area contributed by atoms with Gasteiger partial charge in [-0.2, -0.15) is 9.97 Å². The highest BCUT2D eigenvalue weighted by Gasteiger charge is 2.15. The molecule has 0 aliphatic carbocycles. The molecule has 0 fully saturated rings. The number of ether oxygens (including phenoxy) is 2. The van der Waals surface area contributed by atoms with Gasteiger partial charge < -0.3 is 9.47 Å². The Morgan fingerprint density at radius 3 is 2.11 bits per heavy atom. The Morgan fingerprint density at radius 2 is 1.52 bits per heavy atom. The van der Waals surface area contributed by atoms with Gasteiger partial charge in [-0.1, -0.05) is 29.8 Å². The maximum Gasteiger partial charge on any atom is 0.261 e. The predicted molar refractivity (Wildman–Crippen MR) is 103 cm³/mol. The molecule has 27 heavy (non-hydrogen) atoms. The minimum Gasteiger partial charge on any atom is -0.481 e. The highest BCUT2D eigenvalue weighted by atomic mass is 32.2. The van der Waals surface area contributed by atoms with Gasteiger partial charge in [0.2, 0.25) is 11.8 Å². The second-order valence-electron chi connectivity index (χ2n) is 5.78. The number of nitrogens with one attached hydrogen (secondary N) is 1. The molecule has 3 rings (SSSR count). The lowest BCUT2D eigenvalue weighted by atomic mass is 10.2. The Labute approximate surface area is 158 Å². The van der Waals surface area contributed by atoms with Crippen LogP contribution in [0.25, 0.3) is 11.4 Å². The van der Waals surface area contributed by atoms with Crippen molar-refractivity contribution < 1.29 is 17.9 Å². The number of nitrogens with zero attached hydrogens (tertiary/aromatic N) is 2. The number of hydrogen-bond acceptors (Lipinski definition) is 6. The third kappa shape index (κ3) is 4.35. The summed E-state index contributed by atoms with van der Waals surface area (Å²) in [5.41, 5.74) is 2.01. The number of rotatable bonds is 6. The summed E-state index contributed by atoms with van der Waals surface area (Å²) < 4.78 is 38.0. The minimum absolute atomic E-state index is 0.192. The van der Waals surface area contributed by atoms with E-state index in [1.165, 1.54) is 14.2 Å². The van der Waals surface area contributed by atoms with Crippen LogP contribution in [-0.4, -0.2) is 32.6 Å². The summed E-state index contributed by atoms with van der Waals surface area (Å²) in [5.74, 6) is 1.06. The van der Waals surface area contributed by atoms with E-state index in [0.717, 1.165) is 5.56 Å². The average Bonchev–Trinajstić information content (AvgIpc) is 2.67. The molecule has 0 saturated heterocycles. The Balaban J connectivity index is 1.93. The molecule has 0 aliphatic heterocycles. The summed E-state index contributed by atoms with van der Waals surface area (Å²) in [7, 11) is -0.699. The fourth-order valence-corrected chi connectivity index (χ4v) is 3.44. The lowest BCUT2D eigenvalue weighted by Crippen LogP contribution is -2.12. The number of aryl methyl sites for hydroxylation is 1. The van der Waals surface area contributed by atoms with Crippen molar-refractivity contribution in [2.24, 2.45) is 0 Å². The summed E-state index contributed by atoms with van der Waals surface area (Å²) in [5, 5.41) is 0. The van der Waals surface area contributed by atoms with Gasteiger partial charge in [-0.3, -0.25) is 4.72 Å². The van der Waals surface area contributed by atoms with Gasteiger partial charge in [0.05, 0.1) is 25.2 Å². The van der Waals surface area contributed by atoms with Crippen molar-refractivity contribution >= 4 is 15.7 Å². The molecule has 3 aromatic rings. The number of methoxy groups -OCH3 is 2. The van der Waals surface area contributed by atoms with Gasteiger partial charge in [-0.05, 0) is 31.2 Å². The smallest absolute Gasteiger partial charge is 0.261 e. The third-order valence-corrected chi connectivity index (χ3v) is 5.20. The normalized spacial score (nSPS) is 11.1. The van der Waals surface area contributed by atoms with Gasteiger partial charge in [-0.25, -0.2) is 8.42 Å². The first-order valence-corrected chi connectivity index (χ1v) is 9.56. The zero-order chi connectivity index (χ0) is 19.4. The van der Waals surface area contributed by atoms with Crippen molar-refractivity contribution in [3.63, 3.8) is 0 Å². The van der Waals surface area contributed by atoms with Crippen molar-refractivity contribution in [3.8, 4) is 23.1 Å². The van der Waals surface area contributed by atoms with Crippen LogP contribution in [-0.2, 0) is 10.0 Å². The van der Waals surface area contributed by atoms with E-state index >= 15 is 0 Å². The van der Waals surface area contributed by atoms with Crippen LogP contribution in [0.2, 0.25) is 0 Å². The van der Waals surface area contributed by atoms with Crippen LogP contribution in [0.3, 0.4) is 0 Å². The molecule has 0 unspecified atom stereocenters. The standard InChI is InChI=1S/C19H19N3O4S/c1-13-7-9-16(10-8-13)27(23,24)22-15-6-4-5-14(11-15)19-20-17(25-2)12-18(21-19)26-3/h4-12,22H,1-3H3. The Kier molecular flexibility index (Phi) is 5.27. The third-order valence-electron chi connectivity index (χ3n) is 3.80. The van der Waals surface area contributed by atoms with E-state index in [0.29, 0.717) is 28.8 Å². The van der Waals surface area contributed by atoms with E-state index in [-0.39, 0.29) is 4.90 Å². The van der Waals surface area contributed by atoms with Crippen LogP contribution < -0.4 is 14.2 Å². The van der Waals surface area contributed by atoms with Crippen LogP contribution in [0.5, 0.6) is 11.8 Å². The monoisotopic (exact) mass is 385 g/mol. The lowest BCUT2D eigenvalue weighted by Gasteiger charge is -2.10. The van der Waals surface area contributed by atoms with Gasteiger partial charge in [-0.15, -0.1) is 0 Å². The molecule has 0 aliphatic rings. The second kappa shape index (κ2) is 7.63. The first-order chi connectivity index (χ1) is 12.9. The van der Waals surface area contributed by atoms with Gasteiger partial charge >= 0.3 is 0 Å². The van der Waals surface area contributed by atoms with Crippen LogP contribution in [0.15, 0.2) is 59.5 Å². The maximum absolute atomic E-state index is 12.6. The Hall–Kier alpha value is -3.13. The molecule has 7 nitrogen and oxygen atoms in total. The van der Waals surface area contributed by atoms with Crippen LogP contribution in [0, 0.1) is 6.92 Å². The summed E-state index contributed by atoms with van der Waals surface area (Å²) in [4.78, 5) is 8.76. The molecule has 1 heterocycles. The van der Waals surface area contributed by atoms with E-state index in [9.17, 15) is 8.42 Å². The maximum atomic E-state index is 12.6. The molecule has 0 amide bonds. The number of aromatic nitrogens is 2. The molecule has 0 atom stereocenters. The zero-order valence-corrected chi connectivity index (χ0v) is 15.9. The number of anilines is 1. The van der Waals surface area contributed by atoms with Crippen molar-refractivity contribution in [1.82, 2.24) is 9.97 Å². The number of hydrogen-bond donors (Lipinski definition) is 1.